The van der Waals surface area contributed by atoms with Crippen LogP contribution in [0.25, 0.3) is 11.0 Å². The van der Waals surface area contributed by atoms with Crippen molar-refractivity contribution in [1.29, 1.82) is 0 Å². The first-order valence-corrected chi connectivity index (χ1v) is 12.0. The molecule has 0 unspecified atom stereocenters. The third-order valence-electron chi connectivity index (χ3n) is 5.91. The van der Waals surface area contributed by atoms with Gasteiger partial charge in [-0.3, -0.25) is 9.88 Å². The van der Waals surface area contributed by atoms with Gasteiger partial charge in [-0.05, 0) is 42.5 Å². The molecule has 12 heteroatoms. The van der Waals surface area contributed by atoms with E-state index in [2.05, 4.69) is 20.5 Å². The minimum atomic E-state index is -4.89. The van der Waals surface area contributed by atoms with E-state index in [1.54, 1.807) is 48.7 Å². The van der Waals surface area contributed by atoms with Gasteiger partial charge in [0.15, 0.2) is 0 Å². The molecule has 8 nitrogen and oxygen atoms in total. The first-order chi connectivity index (χ1) is 18.7. The van der Waals surface area contributed by atoms with E-state index in [0.29, 0.717) is 54.6 Å². The number of halogens is 4. The van der Waals surface area contributed by atoms with Gasteiger partial charge in [0, 0.05) is 43.1 Å². The molecule has 39 heavy (non-hydrogen) atoms. The molecule has 0 bridgehead atoms. The van der Waals surface area contributed by atoms with Crippen LogP contribution < -0.4 is 15.4 Å². The molecule has 2 N–H and O–H groups in total. The lowest BCUT2D eigenvalue weighted by molar-refractivity contribution is -0.139. The number of hydrogen-bond acceptors (Lipinski definition) is 6. The van der Waals surface area contributed by atoms with Gasteiger partial charge in [0.2, 0.25) is 0 Å². The molecule has 0 saturated carbocycles. The summed E-state index contributed by atoms with van der Waals surface area (Å²) >= 11 is 0. The molecule has 202 valence electrons. The summed E-state index contributed by atoms with van der Waals surface area (Å²) in [6, 6.07) is 13.2. The number of morpholine rings is 1. The largest absolute Gasteiger partial charge is 0.457 e. The number of aromatic nitrogens is 2. The van der Waals surface area contributed by atoms with Crippen molar-refractivity contribution in [3.63, 3.8) is 0 Å². The Morgan fingerprint density at radius 2 is 1.69 bits per heavy atom. The predicted molar refractivity (Wildman–Crippen MR) is 136 cm³/mol. The van der Waals surface area contributed by atoms with Crippen molar-refractivity contribution in [2.24, 2.45) is 0 Å². The summed E-state index contributed by atoms with van der Waals surface area (Å²) in [7, 11) is 0. The molecule has 0 spiro atoms. The fourth-order valence-electron chi connectivity index (χ4n) is 4.04. The van der Waals surface area contributed by atoms with Crippen molar-refractivity contribution in [3.8, 4) is 11.5 Å². The summed E-state index contributed by atoms with van der Waals surface area (Å²) in [4.78, 5) is 23.8. The van der Waals surface area contributed by atoms with Crippen LogP contribution in [0.4, 0.5) is 33.7 Å². The maximum absolute atomic E-state index is 13.5. The molecule has 2 amide bonds. The number of rotatable bonds is 6. The molecule has 1 saturated heterocycles. The number of carbonyl (C=O) groups excluding carboxylic acids is 1. The Morgan fingerprint density at radius 3 is 2.46 bits per heavy atom. The van der Waals surface area contributed by atoms with Crippen molar-refractivity contribution in [1.82, 2.24) is 14.9 Å². The molecule has 5 rings (SSSR count). The first-order valence-electron chi connectivity index (χ1n) is 12.0. The zero-order chi connectivity index (χ0) is 27.4. The van der Waals surface area contributed by atoms with E-state index in [4.69, 9.17) is 14.5 Å². The van der Waals surface area contributed by atoms with Crippen molar-refractivity contribution in [2.75, 3.05) is 36.9 Å². The monoisotopic (exact) mass is 541 g/mol. The Bertz CT molecular complexity index is 1490. The quantitative estimate of drug-likeness (QED) is 0.289. The summed E-state index contributed by atoms with van der Waals surface area (Å²) in [5.74, 6) is -0.509. The van der Waals surface area contributed by atoms with Gasteiger partial charge in [0.25, 0.3) is 0 Å². The smallest absolute Gasteiger partial charge is 0.419 e. The highest BCUT2D eigenvalue weighted by molar-refractivity contribution is 5.99. The van der Waals surface area contributed by atoms with Gasteiger partial charge in [0.1, 0.15) is 17.3 Å². The summed E-state index contributed by atoms with van der Waals surface area (Å²) in [5.41, 5.74) is 0.876. The van der Waals surface area contributed by atoms with Crippen molar-refractivity contribution in [3.05, 3.63) is 83.9 Å². The lowest BCUT2D eigenvalue weighted by Crippen LogP contribution is -2.35. The molecule has 1 fully saturated rings. The summed E-state index contributed by atoms with van der Waals surface area (Å²) < 4.78 is 63.7. The molecule has 2 heterocycles. The van der Waals surface area contributed by atoms with Crippen molar-refractivity contribution in [2.45, 2.75) is 12.7 Å². The van der Waals surface area contributed by atoms with Gasteiger partial charge in [-0.1, -0.05) is 6.07 Å². The summed E-state index contributed by atoms with van der Waals surface area (Å²) in [6.45, 7) is 3.73. The van der Waals surface area contributed by atoms with E-state index < -0.39 is 23.6 Å². The maximum atomic E-state index is 13.5. The van der Waals surface area contributed by atoms with Crippen LogP contribution in [0, 0.1) is 5.82 Å². The van der Waals surface area contributed by atoms with Crippen LogP contribution in [0.1, 0.15) is 11.3 Å². The lowest BCUT2D eigenvalue weighted by atomic mass is 10.2. The van der Waals surface area contributed by atoms with Gasteiger partial charge in [-0.2, -0.15) is 13.2 Å². The van der Waals surface area contributed by atoms with Gasteiger partial charge in [-0.25, -0.2) is 14.2 Å². The number of nitrogens with one attached hydrogen (secondary N) is 2. The van der Waals surface area contributed by atoms with Crippen LogP contribution in [0.15, 0.2) is 66.9 Å². The van der Waals surface area contributed by atoms with Crippen LogP contribution in [-0.4, -0.2) is 47.2 Å². The zero-order valence-electron chi connectivity index (χ0n) is 20.5. The second kappa shape index (κ2) is 11.2. The number of nitrogens with zero attached hydrogens (tertiary/aromatic N) is 3. The fraction of sp³-hybridized carbons (Fsp3) is 0.222. The van der Waals surface area contributed by atoms with Crippen LogP contribution in [0.2, 0.25) is 0 Å². The minimum absolute atomic E-state index is 0.209. The third kappa shape index (κ3) is 6.78. The number of benzene rings is 3. The Hall–Kier alpha value is -4.29. The number of amides is 2. The van der Waals surface area contributed by atoms with E-state index in [1.807, 2.05) is 0 Å². The van der Waals surface area contributed by atoms with Crippen molar-refractivity contribution >= 4 is 28.4 Å². The number of ether oxygens (including phenoxy) is 2. The van der Waals surface area contributed by atoms with Gasteiger partial charge >= 0.3 is 12.2 Å². The number of fused-ring (bicyclic) bond motifs is 1. The second-order valence-electron chi connectivity index (χ2n) is 8.80. The van der Waals surface area contributed by atoms with E-state index in [9.17, 15) is 22.4 Å². The van der Waals surface area contributed by atoms with Gasteiger partial charge < -0.3 is 20.1 Å². The minimum Gasteiger partial charge on any atom is -0.457 e. The Morgan fingerprint density at radius 1 is 0.949 bits per heavy atom. The Balaban J connectivity index is 1.25. The fourth-order valence-corrected chi connectivity index (χ4v) is 4.04. The third-order valence-corrected chi connectivity index (χ3v) is 5.91. The molecule has 1 aliphatic heterocycles. The standard InChI is InChI=1S/C27H23F4N5O3/c28-23-6-4-18(13-22(23)27(29,30)31)35-26(37)34-17-2-1-3-20(12-17)39-21-5-7-24-25(14-21)33-19(15-32-24)16-36-8-10-38-11-9-36/h1-7,12-15H,8-11,16H2,(H2,34,35,37). The van der Waals surface area contributed by atoms with Crippen LogP contribution in [0.3, 0.4) is 0 Å². The lowest BCUT2D eigenvalue weighted by Gasteiger charge is -2.26. The molecule has 1 aromatic heterocycles. The maximum Gasteiger partial charge on any atom is 0.419 e. The normalized spacial score (nSPS) is 14.3. The first kappa shape index (κ1) is 26.3. The van der Waals surface area contributed by atoms with Crippen LogP contribution >= 0.6 is 0 Å². The Labute approximate surface area is 220 Å². The highest BCUT2D eigenvalue weighted by Crippen LogP contribution is 2.33. The van der Waals surface area contributed by atoms with E-state index >= 15 is 0 Å². The Kier molecular flexibility index (Phi) is 7.57. The predicted octanol–water partition coefficient (Wildman–Crippen LogP) is 6.06. The number of hydrogen-bond donors (Lipinski definition) is 2. The molecule has 0 aliphatic carbocycles. The number of alkyl halides is 3. The number of urea groups is 1. The van der Waals surface area contributed by atoms with Gasteiger partial charge in [-0.15, -0.1) is 0 Å². The number of anilines is 2. The van der Waals surface area contributed by atoms with E-state index in [-0.39, 0.29) is 5.69 Å². The number of carbonyl (C=O) groups is 1. The van der Waals surface area contributed by atoms with E-state index in [1.165, 1.54) is 0 Å². The topological polar surface area (TPSA) is 88.6 Å². The average molecular weight is 542 g/mol. The molecule has 0 atom stereocenters. The van der Waals surface area contributed by atoms with Gasteiger partial charge in [0.05, 0.1) is 41.7 Å². The summed E-state index contributed by atoms with van der Waals surface area (Å²) in [6.07, 6.45) is -3.13. The molecule has 0 radical (unpaired) electrons. The average Bonchev–Trinajstić information content (AvgIpc) is 2.90. The van der Waals surface area contributed by atoms with Crippen LogP contribution in [0.5, 0.6) is 11.5 Å². The van der Waals surface area contributed by atoms with Crippen molar-refractivity contribution < 1.29 is 31.8 Å². The molecule has 3 aromatic carbocycles. The molecule has 4 aromatic rings. The molecular weight excluding hydrogens is 518 g/mol. The second-order valence-corrected chi connectivity index (χ2v) is 8.80. The SMILES string of the molecule is O=C(Nc1cccc(Oc2ccc3ncc(CN4CCOCC4)nc3c2)c1)Nc1ccc(F)c(C(F)(F)F)c1. The highest BCUT2D eigenvalue weighted by Gasteiger charge is 2.34. The molecular formula is C27H23F4N5O3. The summed E-state index contributed by atoms with van der Waals surface area (Å²) in [5, 5.41) is 4.79. The molecule has 1 aliphatic rings. The van der Waals surface area contributed by atoms with E-state index in [0.717, 1.165) is 30.4 Å². The zero-order valence-corrected chi connectivity index (χ0v) is 20.5. The highest BCUT2D eigenvalue weighted by atomic mass is 19.4. The van der Waals surface area contributed by atoms with Crippen LogP contribution in [-0.2, 0) is 17.5 Å².